The molecule has 1 N–H and O–H groups in total. The van der Waals surface area contributed by atoms with Crippen LogP contribution in [-0.4, -0.2) is 50.3 Å². The molecule has 3 aromatic rings. The summed E-state index contributed by atoms with van der Waals surface area (Å²) in [5.41, 5.74) is -0.142. The molecule has 0 fully saturated rings. The fourth-order valence-corrected chi connectivity index (χ4v) is 5.92. The molecule has 0 saturated heterocycles. The van der Waals surface area contributed by atoms with Crippen LogP contribution in [0.25, 0.3) is 0 Å². The molecular formula is C30H32ClF4NO5S. The van der Waals surface area contributed by atoms with Crippen molar-refractivity contribution in [3.8, 4) is 5.75 Å². The summed E-state index contributed by atoms with van der Waals surface area (Å²) in [4.78, 5) is 12.9. The van der Waals surface area contributed by atoms with Gasteiger partial charge in [0.15, 0.2) is 9.84 Å². The summed E-state index contributed by atoms with van der Waals surface area (Å²) in [5, 5.41) is 8.71. The predicted molar refractivity (Wildman–Crippen MR) is 152 cm³/mol. The number of sulfone groups is 1. The molecule has 0 saturated carbocycles. The number of carboxylic acids is 1. The first-order valence-electron chi connectivity index (χ1n) is 13.0. The quantitative estimate of drug-likeness (QED) is 0.166. The Labute approximate surface area is 247 Å². The van der Waals surface area contributed by atoms with Gasteiger partial charge in [0.05, 0.1) is 28.5 Å². The van der Waals surface area contributed by atoms with Crippen LogP contribution in [0.2, 0.25) is 5.02 Å². The highest BCUT2D eigenvalue weighted by molar-refractivity contribution is 7.90. The zero-order chi connectivity index (χ0) is 31.3. The molecule has 0 aromatic heterocycles. The van der Waals surface area contributed by atoms with Gasteiger partial charge in [-0.2, -0.15) is 13.2 Å². The Bertz CT molecular complexity index is 1510. The van der Waals surface area contributed by atoms with Gasteiger partial charge in [0.25, 0.3) is 0 Å². The minimum atomic E-state index is -4.61. The van der Waals surface area contributed by atoms with Crippen LogP contribution < -0.4 is 4.74 Å². The van der Waals surface area contributed by atoms with Gasteiger partial charge in [0, 0.05) is 31.3 Å². The molecule has 0 bridgehead atoms. The molecule has 42 heavy (non-hydrogen) atoms. The zero-order valence-corrected chi connectivity index (χ0v) is 24.9. The van der Waals surface area contributed by atoms with Gasteiger partial charge < -0.3 is 9.84 Å². The van der Waals surface area contributed by atoms with Crippen LogP contribution >= 0.6 is 11.6 Å². The van der Waals surface area contributed by atoms with Crippen LogP contribution in [0.5, 0.6) is 5.75 Å². The van der Waals surface area contributed by atoms with E-state index in [4.69, 9.17) is 21.4 Å². The maximum atomic E-state index is 13.5. The van der Waals surface area contributed by atoms with E-state index in [1.165, 1.54) is 42.5 Å². The Kier molecular flexibility index (Phi) is 10.7. The summed E-state index contributed by atoms with van der Waals surface area (Å²) in [6, 6.07) is 14.0. The zero-order valence-electron chi connectivity index (χ0n) is 23.3. The van der Waals surface area contributed by atoms with Crippen molar-refractivity contribution >= 4 is 27.4 Å². The summed E-state index contributed by atoms with van der Waals surface area (Å²) >= 11 is 6.18. The van der Waals surface area contributed by atoms with Gasteiger partial charge in [0.1, 0.15) is 11.6 Å². The SMILES string of the molecule is CC(C)(CN(CCCOc1ccc(CC(=O)O)c(S(C)(=O)=O)c1)Cc1cccc(C(F)(F)F)c1Cl)c1ccc(F)cc1. The molecule has 0 amide bonds. The predicted octanol–water partition coefficient (Wildman–Crippen LogP) is 6.78. The Morgan fingerprint density at radius 2 is 1.69 bits per heavy atom. The van der Waals surface area contributed by atoms with Crippen LogP contribution in [0, 0.1) is 5.82 Å². The van der Waals surface area contributed by atoms with Crippen molar-refractivity contribution < 1.29 is 40.6 Å². The highest BCUT2D eigenvalue weighted by Crippen LogP contribution is 2.37. The lowest BCUT2D eigenvalue weighted by Gasteiger charge is -2.34. The molecule has 0 spiro atoms. The topological polar surface area (TPSA) is 83.9 Å². The maximum absolute atomic E-state index is 13.5. The number of carbonyl (C=O) groups is 1. The van der Waals surface area contributed by atoms with E-state index >= 15 is 0 Å². The second-order valence-corrected chi connectivity index (χ2v) is 13.1. The van der Waals surface area contributed by atoms with Gasteiger partial charge in [-0.05, 0) is 53.4 Å². The number of nitrogens with zero attached hydrogens (tertiary/aromatic N) is 1. The number of carboxylic acid groups (broad SMARTS) is 1. The maximum Gasteiger partial charge on any atom is 0.417 e. The third-order valence-electron chi connectivity index (χ3n) is 6.69. The molecule has 0 aliphatic heterocycles. The van der Waals surface area contributed by atoms with Gasteiger partial charge in [0.2, 0.25) is 0 Å². The van der Waals surface area contributed by atoms with Gasteiger partial charge in [-0.15, -0.1) is 0 Å². The Hall–Kier alpha value is -3.15. The van der Waals surface area contributed by atoms with Crippen molar-refractivity contribution in [2.75, 3.05) is 26.0 Å². The van der Waals surface area contributed by atoms with Crippen molar-refractivity contribution in [3.05, 3.63) is 93.8 Å². The summed E-state index contributed by atoms with van der Waals surface area (Å²) in [5.74, 6) is -1.31. The lowest BCUT2D eigenvalue weighted by atomic mass is 9.84. The fourth-order valence-electron chi connectivity index (χ4n) is 4.68. The largest absolute Gasteiger partial charge is 0.494 e. The van der Waals surface area contributed by atoms with Crippen LogP contribution in [0.1, 0.15) is 42.5 Å². The number of halogens is 5. The lowest BCUT2D eigenvalue weighted by Crippen LogP contribution is -2.38. The standard InChI is InChI=1S/C30H32ClF4NO5S/c1-29(2,22-9-11-23(32)12-10-22)19-36(18-21-6-4-7-25(28(21)31)30(33,34)35)14-5-15-41-24-13-8-20(16-27(37)38)26(17-24)42(3,39)40/h4,6-13,17H,5,14-16,18-19H2,1-3H3,(H,37,38). The molecule has 6 nitrogen and oxygen atoms in total. The van der Waals surface area contributed by atoms with Crippen molar-refractivity contribution in [2.24, 2.45) is 0 Å². The molecule has 3 rings (SSSR count). The normalized spacial score (nSPS) is 12.5. The summed E-state index contributed by atoms with van der Waals surface area (Å²) in [6.07, 6.45) is -3.66. The van der Waals surface area contributed by atoms with Crippen molar-refractivity contribution in [2.45, 2.75) is 49.7 Å². The first-order valence-corrected chi connectivity index (χ1v) is 15.2. The first-order chi connectivity index (χ1) is 19.5. The van der Waals surface area contributed by atoms with Gasteiger partial charge >= 0.3 is 12.1 Å². The number of hydrogen-bond acceptors (Lipinski definition) is 5. The van der Waals surface area contributed by atoms with Gasteiger partial charge in [-0.3, -0.25) is 9.69 Å². The molecule has 3 aromatic carbocycles. The fraction of sp³-hybridized carbons (Fsp3) is 0.367. The molecule has 0 aliphatic rings. The monoisotopic (exact) mass is 629 g/mol. The molecule has 228 valence electrons. The molecule has 0 heterocycles. The van der Waals surface area contributed by atoms with E-state index in [0.717, 1.165) is 17.9 Å². The van der Waals surface area contributed by atoms with Gasteiger partial charge in [-0.25, -0.2) is 12.8 Å². The number of hydrogen-bond donors (Lipinski definition) is 1. The third kappa shape index (κ3) is 9.17. The second kappa shape index (κ2) is 13.4. The molecule has 12 heteroatoms. The average Bonchev–Trinajstić information content (AvgIpc) is 2.87. The Morgan fingerprint density at radius 3 is 2.29 bits per heavy atom. The first kappa shape index (κ1) is 33.4. The Morgan fingerprint density at radius 1 is 1.02 bits per heavy atom. The number of aliphatic carboxylic acids is 1. The summed E-state index contributed by atoms with van der Waals surface area (Å²) in [7, 11) is -3.72. The lowest BCUT2D eigenvalue weighted by molar-refractivity contribution is -0.138. The third-order valence-corrected chi connectivity index (χ3v) is 8.32. The average molecular weight is 630 g/mol. The number of alkyl halides is 3. The summed E-state index contributed by atoms with van der Waals surface area (Å²) < 4.78 is 84.1. The summed E-state index contributed by atoms with van der Waals surface area (Å²) in [6.45, 7) is 4.92. The van der Waals surface area contributed by atoms with E-state index in [1.54, 1.807) is 12.1 Å². The van der Waals surface area contributed by atoms with Crippen molar-refractivity contribution in [1.29, 1.82) is 0 Å². The Balaban J connectivity index is 1.79. The van der Waals surface area contributed by atoms with Crippen LogP contribution in [-0.2, 0) is 39.2 Å². The second-order valence-electron chi connectivity index (χ2n) is 10.7. The van der Waals surface area contributed by atoms with Crippen LogP contribution in [0.4, 0.5) is 17.6 Å². The van der Waals surface area contributed by atoms with Crippen molar-refractivity contribution in [3.63, 3.8) is 0 Å². The minimum Gasteiger partial charge on any atom is -0.494 e. The highest BCUT2D eigenvalue weighted by Gasteiger charge is 2.34. The van der Waals surface area contributed by atoms with E-state index in [2.05, 4.69) is 0 Å². The molecule has 0 unspecified atom stereocenters. The molecule has 0 aliphatic carbocycles. The van der Waals surface area contributed by atoms with E-state index < -0.39 is 39.4 Å². The number of rotatable bonds is 13. The number of ether oxygens (including phenoxy) is 1. The molecule has 0 atom stereocenters. The molecule has 0 radical (unpaired) electrons. The van der Waals surface area contributed by atoms with E-state index in [9.17, 15) is 30.8 Å². The van der Waals surface area contributed by atoms with E-state index in [0.29, 0.717) is 25.1 Å². The highest BCUT2D eigenvalue weighted by atomic mass is 35.5. The smallest absolute Gasteiger partial charge is 0.417 e. The molecular weight excluding hydrogens is 598 g/mol. The van der Waals surface area contributed by atoms with Gasteiger partial charge in [-0.1, -0.05) is 55.8 Å². The van der Waals surface area contributed by atoms with Crippen LogP contribution in [0.15, 0.2) is 65.6 Å². The minimum absolute atomic E-state index is 0.107. The van der Waals surface area contributed by atoms with Crippen molar-refractivity contribution in [1.82, 2.24) is 4.90 Å². The number of benzene rings is 3. The van der Waals surface area contributed by atoms with E-state index in [-0.39, 0.29) is 40.2 Å². The van der Waals surface area contributed by atoms with Crippen LogP contribution in [0.3, 0.4) is 0 Å². The van der Waals surface area contributed by atoms with E-state index in [1.807, 2.05) is 18.7 Å².